The van der Waals surface area contributed by atoms with Gasteiger partial charge in [-0.1, -0.05) is 18.2 Å². The Morgan fingerprint density at radius 2 is 1.93 bits per heavy atom. The first kappa shape index (κ1) is 20.5. The fourth-order valence-electron chi connectivity index (χ4n) is 3.20. The minimum atomic E-state index is -4.31. The average molecular weight is 418 g/mol. The van der Waals surface area contributed by atoms with Gasteiger partial charge in [-0.2, -0.15) is 0 Å². The zero-order valence-corrected chi connectivity index (χ0v) is 16.3. The van der Waals surface area contributed by atoms with Crippen molar-refractivity contribution in [2.24, 2.45) is 0 Å². The summed E-state index contributed by atoms with van der Waals surface area (Å²) in [4.78, 5) is 35.9. The van der Waals surface area contributed by atoms with E-state index < -0.39 is 43.0 Å². The summed E-state index contributed by atoms with van der Waals surface area (Å²) < 4.78 is 29.5. The number of anilines is 1. The lowest BCUT2D eigenvalue weighted by atomic mass is 10.1. The van der Waals surface area contributed by atoms with Crippen LogP contribution in [0.5, 0.6) is 0 Å². The fraction of sp³-hybridized carbons (Fsp3) is 0.263. The van der Waals surface area contributed by atoms with Crippen molar-refractivity contribution in [3.05, 3.63) is 63.7 Å². The summed E-state index contributed by atoms with van der Waals surface area (Å²) in [5, 5.41) is 11.5. The van der Waals surface area contributed by atoms with Gasteiger partial charge in [-0.15, -0.1) is 0 Å². The zero-order valence-electron chi connectivity index (χ0n) is 15.5. The zero-order chi connectivity index (χ0) is 21.2. The van der Waals surface area contributed by atoms with Gasteiger partial charge in [-0.05, 0) is 37.1 Å². The van der Waals surface area contributed by atoms with Crippen LogP contribution in [-0.2, 0) is 25.8 Å². The number of nitro benzene ring substituents is 1. The van der Waals surface area contributed by atoms with Crippen LogP contribution in [-0.4, -0.2) is 44.1 Å². The topological polar surface area (TPSA) is 124 Å². The number of carbonyl (C=O) groups excluding carboxylic acids is 2. The van der Waals surface area contributed by atoms with E-state index in [1.54, 1.807) is 12.1 Å². The molecule has 2 aromatic carbocycles. The van der Waals surface area contributed by atoms with E-state index in [4.69, 9.17) is 0 Å². The summed E-state index contributed by atoms with van der Waals surface area (Å²) in [6, 6.07) is 10.5. The van der Waals surface area contributed by atoms with Gasteiger partial charge in [0.2, 0.25) is 0 Å². The maximum Gasteiger partial charge on any atom is 0.321 e. The van der Waals surface area contributed by atoms with Crippen molar-refractivity contribution in [1.29, 1.82) is 0 Å². The lowest BCUT2D eigenvalue weighted by Crippen LogP contribution is -2.29. The van der Waals surface area contributed by atoms with Crippen LogP contribution in [0.2, 0.25) is 0 Å². The molecule has 2 aromatic rings. The van der Waals surface area contributed by atoms with Crippen molar-refractivity contribution in [3.63, 3.8) is 0 Å². The number of fused-ring (bicyclic) bond motifs is 1. The Morgan fingerprint density at radius 1 is 1.21 bits per heavy atom. The van der Waals surface area contributed by atoms with Crippen LogP contribution in [0.1, 0.15) is 22.8 Å². The molecule has 29 heavy (non-hydrogen) atoms. The highest BCUT2D eigenvalue weighted by Gasteiger charge is 2.32. The van der Waals surface area contributed by atoms with Crippen LogP contribution >= 0.6 is 0 Å². The number of rotatable bonds is 6. The Bertz CT molecular complexity index is 1100. The van der Waals surface area contributed by atoms with E-state index in [9.17, 15) is 28.1 Å². The van der Waals surface area contributed by atoms with Gasteiger partial charge in [0.05, 0.1) is 11.5 Å². The third-order valence-electron chi connectivity index (χ3n) is 4.48. The van der Waals surface area contributed by atoms with E-state index in [1.807, 2.05) is 12.1 Å². The molecule has 1 aliphatic heterocycles. The van der Waals surface area contributed by atoms with E-state index in [0.717, 1.165) is 23.4 Å². The summed E-state index contributed by atoms with van der Waals surface area (Å²) in [6.45, 7) is 1.93. The predicted octanol–water partition coefficient (Wildman–Crippen LogP) is 2.13. The Balaban J connectivity index is 1.96. The Labute approximate surface area is 167 Å². The molecule has 0 saturated carbocycles. The van der Waals surface area contributed by atoms with Gasteiger partial charge in [0.15, 0.2) is 15.6 Å². The number of nitrogens with zero attached hydrogens (tertiary/aromatic N) is 2. The molecule has 0 N–H and O–H groups in total. The summed E-state index contributed by atoms with van der Waals surface area (Å²) in [5.41, 5.74) is 0.944. The third kappa shape index (κ3) is 4.11. The van der Waals surface area contributed by atoms with Gasteiger partial charge in [0, 0.05) is 23.9 Å². The van der Waals surface area contributed by atoms with Crippen LogP contribution in [0.15, 0.2) is 47.4 Å². The van der Waals surface area contributed by atoms with Crippen LogP contribution in [0, 0.1) is 10.1 Å². The molecule has 0 atom stereocenters. The lowest BCUT2D eigenvalue weighted by Gasteiger charge is -2.17. The van der Waals surface area contributed by atoms with Crippen molar-refractivity contribution in [2.45, 2.75) is 18.2 Å². The molecule has 152 valence electrons. The first-order valence-electron chi connectivity index (χ1n) is 8.81. The summed E-state index contributed by atoms with van der Waals surface area (Å²) in [5.74, 6) is -2.49. The SMILES string of the molecule is CCOC(=O)CS(=O)(=O)c1ccc(C(=O)N2CCc3ccccc32)cc1[N+](=O)[O-]. The molecule has 1 amide bonds. The molecule has 0 aliphatic carbocycles. The second kappa shape index (κ2) is 8.00. The summed E-state index contributed by atoms with van der Waals surface area (Å²) >= 11 is 0. The molecule has 9 nitrogen and oxygen atoms in total. The molecule has 0 saturated heterocycles. The van der Waals surface area contributed by atoms with Gasteiger partial charge in [-0.3, -0.25) is 19.7 Å². The minimum absolute atomic E-state index is 0.0107. The number of ether oxygens (including phenoxy) is 1. The van der Waals surface area contributed by atoms with E-state index >= 15 is 0 Å². The predicted molar refractivity (Wildman–Crippen MR) is 104 cm³/mol. The molecule has 0 spiro atoms. The summed E-state index contributed by atoms with van der Waals surface area (Å²) in [6.07, 6.45) is 0.663. The number of carbonyl (C=O) groups is 2. The normalized spacial score (nSPS) is 13.1. The highest BCUT2D eigenvalue weighted by molar-refractivity contribution is 7.92. The number of para-hydroxylation sites is 1. The van der Waals surface area contributed by atoms with Crippen molar-refractivity contribution in [3.8, 4) is 0 Å². The molecule has 0 aromatic heterocycles. The minimum Gasteiger partial charge on any atom is -0.465 e. The third-order valence-corrected chi connectivity index (χ3v) is 6.11. The Hall–Kier alpha value is -3.27. The van der Waals surface area contributed by atoms with E-state index in [1.165, 1.54) is 17.9 Å². The standard InChI is InChI=1S/C19H18N2O7S/c1-2-28-18(22)12-29(26,27)17-8-7-14(11-16(17)21(24)25)19(23)20-10-9-13-5-3-4-6-15(13)20/h3-8,11H,2,9-10,12H2,1H3. The highest BCUT2D eigenvalue weighted by atomic mass is 32.2. The maximum atomic E-state index is 12.9. The van der Waals surface area contributed by atoms with Crippen molar-refractivity contribution in [1.82, 2.24) is 0 Å². The second-order valence-corrected chi connectivity index (χ2v) is 8.30. The van der Waals surface area contributed by atoms with E-state index in [0.29, 0.717) is 13.0 Å². The maximum absolute atomic E-state index is 12.9. The molecule has 0 bridgehead atoms. The van der Waals surface area contributed by atoms with Crippen LogP contribution in [0.4, 0.5) is 11.4 Å². The van der Waals surface area contributed by atoms with Gasteiger partial charge in [0.25, 0.3) is 11.6 Å². The molecule has 10 heteroatoms. The molecule has 0 unspecified atom stereocenters. The number of hydrogen-bond acceptors (Lipinski definition) is 7. The second-order valence-electron chi connectivity index (χ2n) is 6.34. The Morgan fingerprint density at radius 3 is 2.62 bits per heavy atom. The monoisotopic (exact) mass is 418 g/mol. The molecular weight excluding hydrogens is 400 g/mol. The number of esters is 1. The molecule has 3 rings (SSSR count). The van der Waals surface area contributed by atoms with Crippen molar-refractivity contribution >= 4 is 33.1 Å². The molecule has 1 heterocycles. The van der Waals surface area contributed by atoms with Gasteiger partial charge >= 0.3 is 5.97 Å². The van der Waals surface area contributed by atoms with Gasteiger partial charge < -0.3 is 9.64 Å². The number of hydrogen-bond donors (Lipinski definition) is 0. The number of benzene rings is 2. The Kier molecular flexibility index (Phi) is 5.64. The lowest BCUT2D eigenvalue weighted by molar-refractivity contribution is -0.387. The van der Waals surface area contributed by atoms with E-state index in [-0.39, 0.29) is 12.2 Å². The van der Waals surface area contributed by atoms with Gasteiger partial charge in [-0.25, -0.2) is 8.42 Å². The number of nitro groups is 1. The van der Waals surface area contributed by atoms with Crippen molar-refractivity contribution in [2.75, 3.05) is 23.8 Å². The molecule has 1 aliphatic rings. The van der Waals surface area contributed by atoms with Crippen LogP contribution in [0.3, 0.4) is 0 Å². The first-order valence-corrected chi connectivity index (χ1v) is 10.5. The van der Waals surface area contributed by atoms with Gasteiger partial charge in [0.1, 0.15) is 4.90 Å². The molecule has 0 fully saturated rings. The first-order chi connectivity index (χ1) is 13.7. The average Bonchev–Trinajstić information content (AvgIpc) is 3.10. The number of sulfone groups is 1. The van der Waals surface area contributed by atoms with Crippen LogP contribution < -0.4 is 4.90 Å². The van der Waals surface area contributed by atoms with Crippen LogP contribution in [0.25, 0.3) is 0 Å². The molecule has 0 radical (unpaired) electrons. The van der Waals surface area contributed by atoms with Crippen molar-refractivity contribution < 1.29 is 27.7 Å². The number of amides is 1. The quantitative estimate of drug-likeness (QED) is 0.400. The molecular formula is C19H18N2O7S. The highest BCUT2D eigenvalue weighted by Crippen LogP contribution is 2.31. The van der Waals surface area contributed by atoms with E-state index in [2.05, 4.69) is 4.74 Å². The summed E-state index contributed by atoms with van der Waals surface area (Å²) in [7, 11) is -4.31. The fourth-order valence-corrected chi connectivity index (χ4v) is 4.47. The smallest absolute Gasteiger partial charge is 0.321 e. The largest absolute Gasteiger partial charge is 0.465 e.